The van der Waals surface area contributed by atoms with Crippen molar-refractivity contribution in [1.29, 1.82) is 0 Å². The lowest BCUT2D eigenvalue weighted by Crippen LogP contribution is -2.54. The molecular weight excluding hydrogens is 490 g/mol. The van der Waals surface area contributed by atoms with Crippen molar-refractivity contribution in [2.24, 2.45) is 7.05 Å². The number of amides is 2. The van der Waals surface area contributed by atoms with Gasteiger partial charge in [-0.1, -0.05) is 11.3 Å². The van der Waals surface area contributed by atoms with Gasteiger partial charge in [0.15, 0.2) is 0 Å². The van der Waals surface area contributed by atoms with Crippen molar-refractivity contribution >= 4 is 55.6 Å². The minimum absolute atomic E-state index is 0.133. The minimum atomic E-state index is -0.264. The standard InChI is InChI=1S/C26H31N7O3S/c1-14-11-33(12-15(2)28-14)21-7-6-20(23-24(21)37-26(30-23)36-5)25(35)29-19-8-17(10-27-16(3)34)22-18(9-19)13-32(4)31-22/h6-9,13-15,28H,10-12H2,1-5H3,(H,27,34)(H,29,35)/t14-,15?/m0/s1. The van der Waals surface area contributed by atoms with Crippen molar-refractivity contribution in [2.75, 3.05) is 30.4 Å². The molecule has 1 fully saturated rings. The Hall–Kier alpha value is -3.70. The number of aryl methyl sites for hydroxylation is 1. The highest BCUT2D eigenvalue weighted by atomic mass is 32.1. The zero-order chi connectivity index (χ0) is 26.3. The fraction of sp³-hybridized carbons (Fsp3) is 0.385. The van der Waals surface area contributed by atoms with Crippen LogP contribution in [0.5, 0.6) is 5.19 Å². The van der Waals surface area contributed by atoms with E-state index < -0.39 is 0 Å². The summed E-state index contributed by atoms with van der Waals surface area (Å²) >= 11 is 1.45. The minimum Gasteiger partial charge on any atom is -0.473 e. The summed E-state index contributed by atoms with van der Waals surface area (Å²) in [5.41, 5.74) is 4.38. The van der Waals surface area contributed by atoms with E-state index in [9.17, 15) is 9.59 Å². The van der Waals surface area contributed by atoms with Crippen LogP contribution in [0.4, 0.5) is 11.4 Å². The number of carbonyl (C=O) groups excluding carboxylic acids is 2. The molecule has 194 valence electrons. The lowest BCUT2D eigenvalue weighted by Gasteiger charge is -2.37. The lowest BCUT2D eigenvalue weighted by molar-refractivity contribution is -0.119. The van der Waals surface area contributed by atoms with Crippen LogP contribution in [0.25, 0.3) is 21.1 Å². The Labute approximate surface area is 219 Å². The van der Waals surface area contributed by atoms with Crippen molar-refractivity contribution in [3.63, 3.8) is 0 Å². The molecule has 0 bridgehead atoms. The van der Waals surface area contributed by atoms with E-state index in [1.165, 1.54) is 18.3 Å². The molecule has 2 atom stereocenters. The molecule has 0 spiro atoms. The summed E-state index contributed by atoms with van der Waals surface area (Å²) in [7, 11) is 3.43. The number of thiazole rings is 1. The van der Waals surface area contributed by atoms with Crippen LogP contribution in [0.3, 0.4) is 0 Å². The number of nitrogens with one attached hydrogen (secondary N) is 3. The predicted molar refractivity (Wildman–Crippen MR) is 147 cm³/mol. The average molecular weight is 522 g/mol. The summed E-state index contributed by atoms with van der Waals surface area (Å²) in [6, 6.07) is 8.28. The van der Waals surface area contributed by atoms with Crippen molar-refractivity contribution in [3.05, 3.63) is 41.6 Å². The van der Waals surface area contributed by atoms with E-state index in [1.54, 1.807) is 11.8 Å². The van der Waals surface area contributed by atoms with E-state index in [4.69, 9.17) is 4.74 Å². The normalized spacial score (nSPS) is 17.8. The van der Waals surface area contributed by atoms with Gasteiger partial charge < -0.3 is 25.6 Å². The first kappa shape index (κ1) is 25.0. The van der Waals surface area contributed by atoms with Crippen molar-refractivity contribution in [2.45, 2.75) is 39.4 Å². The molecule has 11 heteroatoms. The molecule has 1 aliphatic rings. The number of hydrogen-bond acceptors (Lipinski definition) is 8. The van der Waals surface area contributed by atoms with Gasteiger partial charge in [-0.05, 0) is 38.1 Å². The quantitative estimate of drug-likeness (QED) is 0.357. The Morgan fingerprint density at radius 2 is 1.95 bits per heavy atom. The third-order valence-corrected chi connectivity index (χ3v) is 7.45. The predicted octanol–water partition coefficient (Wildman–Crippen LogP) is 3.27. The molecule has 5 rings (SSSR count). The first-order valence-corrected chi connectivity index (χ1v) is 13.0. The molecule has 2 amide bonds. The number of fused-ring (bicyclic) bond motifs is 2. The van der Waals surface area contributed by atoms with Gasteiger partial charge >= 0.3 is 0 Å². The number of ether oxygens (including phenoxy) is 1. The molecule has 2 aromatic heterocycles. The van der Waals surface area contributed by atoms with Gasteiger partial charge in [0.1, 0.15) is 5.52 Å². The number of methoxy groups -OCH3 is 1. The number of piperazine rings is 1. The molecule has 0 saturated carbocycles. The van der Waals surface area contributed by atoms with E-state index in [1.807, 2.05) is 37.5 Å². The molecule has 1 unspecified atom stereocenters. The van der Waals surface area contributed by atoms with E-state index in [2.05, 4.69) is 44.8 Å². The Bertz CT molecular complexity index is 1480. The van der Waals surface area contributed by atoms with Crippen LogP contribution < -0.4 is 25.6 Å². The monoisotopic (exact) mass is 521 g/mol. The Kier molecular flexibility index (Phi) is 6.74. The van der Waals surface area contributed by atoms with Crippen molar-refractivity contribution < 1.29 is 14.3 Å². The lowest BCUT2D eigenvalue weighted by atomic mass is 10.1. The van der Waals surface area contributed by atoms with Gasteiger partial charge in [0.05, 0.1) is 28.6 Å². The number of benzene rings is 2. The maximum absolute atomic E-state index is 13.5. The van der Waals surface area contributed by atoms with Crippen LogP contribution in [0.2, 0.25) is 0 Å². The molecule has 0 radical (unpaired) electrons. The van der Waals surface area contributed by atoms with Crippen LogP contribution in [0.1, 0.15) is 36.7 Å². The fourth-order valence-corrected chi connectivity index (χ4v) is 5.92. The summed E-state index contributed by atoms with van der Waals surface area (Å²) in [5, 5.41) is 15.3. The number of aromatic nitrogens is 3. The summed E-state index contributed by atoms with van der Waals surface area (Å²) in [5.74, 6) is -0.396. The molecule has 1 aliphatic heterocycles. The maximum Gasteiger partial charge on any atom is 0.274 e. The van der Waals surface area contributed by atoms with Gasteiger partial charge in [0, 0.05) is 68.5 Å². The molecule has 1 saturated heterocycles. The van der Waals surface area contributed by atoms with E-state index in [0.717, 1.165) is 39.9 Å². The van der Waals surface area contributed by atoms with Gasteiger partial charge in [-0.15, -0.1) is 0 Å². The second-order valence-corrected chi connectivity index (χ2v) is 10.6. The topological polar surface area (TPSA) is 113 Å². The van der Waals surface area contributed by atoms with Gasteiger partial charge in [-0.25, -0.2) is 4.98 Å². The smallest absolute Gasteiger partial charge is 0.274 e. The van der Waals surface area contributed by atoms with Gasteiger partial charge in [0.25, 0.3) is 11.1 Å². The summed E-state index contributed by atoms with van der Waals surface area (Å²) < 4.78 is 8.10. The first-order valence-electron chi connectivity index (χ1n) is 12.2. The molecule has 0 aliphatic carbocycles. The largest absolute Gasteiger partial charge is 0.473 e. The van der Waals surface area contributed by atoms with E-state index >= 15 is 0 Å². The third-order valence-electron chi connectivity index (χ3n) is 6.41. The molecule has 3 N–H and O–H groups in total. The zero-order valence-corrected chi connectivity index (χ0v) is 22.4. The summed E-state index contributed by atoms with van der Waals surface area (Å²) in [6.45, 7) is 7.87. The Morgan fingerprint density at radius 1 is 1.19 bits per heavy atom. The van der Waals surface area contributed by atoms with Gasteiger partial charge in [-0.3, -0.25) is 14.3 Å². The third kappa shape index (κ3) is 5.09. The number of rotatable bonds is 6. The Balaban J connectivity index is 1.50. The molecular formula is C26H31N7O3S. The van der Waals surface area contributed by atoms with Crippen LogP contribution in [0.15, 0.2) is 30.5 Å². The summed E-state index contributed by atoms with van der Waals surface area (Å²) in [4.78, 5) is 32.0. The number of nitrogens with zero attached hydrogens (tertiary/aromatic N) is 4. The number of anilines is 2. The highest BCUT2D eigenvalue weighted by Gasteiger charge is 2.26. The van der Waals surface area contributed by atoms with Crippen LogP contribution in [-0.4, -0.2) is 58.9 Å². The van der Waals surface area contributed by atoms with Crippen molar-refractivity contribution in [1.82, 2.24) is 25.4 Å². The molecule has 2 aromatic carbocycles. The van der Waals surface area contributed by atoms with E-state index in [-0.39, 0.29) is 11.8 Å². The SMILES string of the molecule is COc1nc2c(C(=O)Nc3cc(CNC(C)=O)c4nn(C)cc4c3)ccc(N3CC(C)N[C@@H](C)C3)c2s1. The molecule has 10 nitrogen and oxygen atoms in total. The van der Waals surface area contributed by atoms with E-state index in [0.29, 0.717) is 40.6 Å². The second-order valence-electron chi connectivity index (χ2n) is 9.61. The second kappa shape index (κ2) is 9.98. The van der Waals surface area contributed by atoms with Gasteiger partial charge in [0.2, 0.25) is 5.91 Å². The zero-order valence-electron chi connectivity index (χ0n) is 21.6. The first-order chi connectivity index (χ1) is 17.7. The van der Waals surface area contributed by atoms with Crippen LogP contribution >= 0.6 is 11.3 Å². The van der Waals surface area contributed by atoms with Gasteiger partial charge in [-0.2, -0.15) is 5.10 Å². The highest BCUT2D eigenvalue weighted by molar-refractivity contribution is 7.21. The average Bonchev–Trinajstić information content (AvgIpc) is 3.44. The number of hydrogen-bond donors (Lipinski definition) is 3. The molecule has 37 heavy (non-hydrogen) atoms. The summed E-state index contributed by atoms with van der Waals surface area (Å²) in [6.07, 6.45) is 1.88. The highest BCUT2D eigenvalue weighted by Crippen LogP contribution is 2.38. The molecule has 4 aromatic rings. The Morgan fingerprint density at radius 3 is 2.65 bits per heavy atom. The number of carbonyl (C=O) groups is 2. The maximum atomic E-state index is 13.5. The van der Waals surface area contributed by atoms with Crippen LogP contribution in [-0.2, 0) is 18.4 Å². The molecule has 3 heterocycles. The van der Waals surface area contributed by atoms with Crippen LogP contribution in [0, 0.1) is 0 Å². The van der Waals surface area contributed by atoms with Crippen molar-refractivity contribution in [3.8, 4) is 5.19 Å². The fourth-order valence-electron chi connectivity index (χ4n) is 4.97.